The second kappa shape index (κ2) is 9.33. The van der Waals surface area contributed by atoms with Gasteiger partial charge in [-0.1, -0.05) is 0 Å². The van der Waals surface area contributed by atoms with Crippen LogP contribution in [0.4, 0.5) is 11.5 Å². The Labute approximate surface area is 237 Å². The van der Waals surface area contributed by atoms with Gasteiger partial charge in [0.25, 0.3) is 11.8 Å². The van der Waals surface area contributed by atoms with Crippen LogP contribution in [0.3, 0.4) is 0 Å². The molecule has 3 fully saturated rings. The first kappa shape index (κ1) is 26.1. The highest BCUT2D eigenvalue weighted by atomic mass is 32.2. The summed E-state index contributed by atoms with van der Waals surface area (Å²) in [6.45, 7) is 3.05. The van der Waals surface area contributed by atoms with Crippen molar-refractivity contribution < 1.29 is 18.0 Å². The fraction of sp³-hybridized carbons (Fsp3) is 0.500. The zero-order valence-electron chi connectivity index (χ0n) is 23.5. The maximum atomic E-state index is 13.8. The molecule has 0 spiro atoms. The number of aryl methyl sites for hydroxylation is 3. The van der Waals surface area contributed by atoms with Crippen LogP contribution in [0, 0.1) is 0 Å². The van der Waals surface area contributed by atoms with Crippen LogP contribution in [0.15, 0.2) is 24.5 Å². The van der Waals surface area contributed by atoms with Crippen LogP contribution < -0.4 is 5.32 Å². The van der Waals surface area contributed by atoms with Gasteiger partial charge in [-0.2, -0.15) is 5.10 Å². The summed E-state index contributed by atoms with van der Waals surface area (Å²) in [6.07, 6.45) is 6.10. The monoisotopic (exact) mass is 578 g/mol. The lowest BCUT2D eigenvalue weighted by Crippen LogP contribution is -2.44. The standard InChI is InChI=1S/C28H34N8O4S/c1-4-35-21-14-20(30-24-15-22(33(3)31-24)27(37)34-9-11-41(39,40)12-10-34)25-26(32(2)16-29-25)19(21)13-23(35)28(38)36(17-5-6-17)18-7-8-18/h13-18H,4-12H2,1-3H3,(H,30,31). The van der Waals surface area contributed by atoms with Crippen LogP contribution >= 0.6 is 0 Å². The number of benzene rings is 1. The lowest BCUT2D eigenvalue weighted by Gasteiger charge is -2.26. The Kier molecular flexibility index (Phi) is 5.93. The minimum absolute atomic E-state index is 0.0278. The number of carbonyl (C=O) groups is 2. The van der Waals surface area contributed by atoms with Crippen molar-refractivity contribution in [3.63, 3.8) is 0 Å². The zero-order chi connectivity index (χ0) is 28.6. The van der Waals surface area contributed by atoms with Crippen molar-refractivity contribution >= 4 is 55.1 Å². The van der Waals surface area contributed by atoms with Crippen LogP contribution in [0.1, 0.15) is 53.6 Å². The number of carbonyl (C=O) groups excluding carboxylic acids is 2. The largest absolute Gasteiger partial charge is 0.337 e. The number of hydrogen-bond donors (Lipinski definition) is 1. The quantitative estimate of drug-likeness (QED) is 0.357. The molecule has 12 nitrogen and oxygen atoms in total. The highest BCUT2D eigenvalue weighted by Crippen LogP contribution is 2.40. The zero-order valence-corrected chi connectivity index (χ0v) is 24.3. The Morgan fingerprint density at radius 2 is 1.71 bits per heavy atom. The van der Waals surface area contributed by atoms with E-state index >= 15 is 0 Å². The first-order valence-electron chi connectivity index (χ1n) is 14.3. The number of nitrogens with zero attached hydrogens (tertiary/aromatic N) is 7. The summed E-state index contributed by atoms with van der Waals surface area (Å²) in [4.78, 5) is 35.4. The van der Waals surface area contributed by atoms with Gasteiger partial charge in [-0.05, 0) is 44.7 Å². The topological polar surface area (TPSA) is 127 Å². The number of fused-ring (bicyclic) bond motifs is 3. The molecule has 2 amide bonds. The molecule has 2 aliphatic carbocycles. The smallest absolute Gasteiger partial charge is 0.272 e. The van der Waals surface area contributed by atoms with Gasteiger partial charge < -0.3 is 24.3 Å². The average molecular weight is 579 g/mol. The van der Waals surface area contributed by atoms with E-state index in [9.17, 15) is 18.0 Å². The first-order valence-corrected chi connectivity index (χ1v) is 16.1. The summed E-state index contributed by atoms with van der Waals surface area (Å²) in [5.41, 5.74) is 4.39. The summed E-state index contributed by atoms with van der Waals surface area (Å²) < 4.78 is 29.2. The molecule has 216 valence electrons. The number of nitrogens with one attached hydrogen (secondary N) is 1. The van der Waals surface area contributed by atoms with Gasteiger partial charge in [0.15, 0.2) is 15.7 Å². The molecule has 0 radical (unpaired) electrons. The minimum Gasteiger partial charge on any atom is -0.337 e. The second-order valence-electron chi connectivity index (χ2n) is 11.5. The normalized spacial score (nSPS) is 18.8. The van der Waals surface area contributed by atoms with Crippen molar-refractivity contribution in [3.8, 4) is 0 Å². The molecule has 4 aromatic rings. The molecular formula is C28H34N8O4S. The summed E-state index contributed by atoms with van der Waals surface area (Å²) in [5.74, 6) is 0.280. The van der Waals surface area contributed by atoms with Crippen molar-refractivity contribution in [2.75, 3.05) is 29.9 Å². The van der Waals surface area contributed by atoms with Gasteiger partial charge in [0.05, 0.1) is 34.6 Å². The summed E-state index contributed by atoms with van der Waals surface area (Å²) in [5, 5.41) is 8.88. The van der Waals surface area contributed by atoms with Crippen molar-refractivity contribution in [2.45, 2.75) is 51.2 Å². The molecule has 4 heterocycles. The third kappa shape index (κ3) is 4.46. The van der Waals surface area contributed by atoms with Gasteiger partial charge >= 0.3 is 0 Å². The fourth-order valence-electron chi connectivity index (χ4n) is 6.08. The molecule has 41 heavy (non-hydrogen) atoms. The van der Waals surface area contributed by atoms with Crippen LogP contribution in [0.2, 0.25) is 0 Å². The van der Waals surface area contributed by atoms with E-state index in [1.54, 1.807) is 24.3 Å². The van der Waals surface area contributed by atoms with Gasteiger partial charge in [-0.25, -0.2) is 13.4 Å². The summed E-state index contributed by atoms with van der Waals surface area (Å²) in [6, 6.07) is 6.44. The van der Waals surface area contributed by atoms with Gasteiger partial charge in [0.2, 0.25) is 0 Å². The van der Waals surface area contributed by atoms with Crippen molar-refractivity contribution in [1.29, 1.82) is 0 Å². The van der Waals surface area contributed by atoms with Gasteiger partial charge in [0, 0.05) is 57.3 Å². The maximum Gasteiger partial charge on any atom is 0.272 e. The molecule has 3 aliphatic rings. The third-order valence-electron chi connectivity index (χ3n) is 8.51. The Hall–Kier alpha value is -3.87. The number of rotatable bonds is 7. The lowest BCUT2D eigenvalue weighted by molar-refractivity contribution is 0.0718. The fourth-order valence-corrected chi connectivity index (χ4v) is 7.28. The van der Waals surface area contributed by atoms with Crippen LogP contribution in [0.5, 0.6) is 0 Å². The number of amides is 2. The summed E-state index contributed by atoms with van der Waals surface area (Å²) >= 11 is 0. The van der Waals surface area contributed by atoms with Crippen LogP contribution in [-0.2, 0) is 30.5 Å². The van der Waals surface area contributed by atoms with Crippen molar-refractivity contribution in [3.05, 3.63) is 35.9 Å². The number of anilines is 2. The van der Waals surface area contributed by atoms with E-state index in [-0.39, 0.29) is 36.4 Å². The number of sulfone groups is 1. The predicted molar refractivity (Wildman–Crippen MR) is 155 cm³/mol. The Bertz CT molecular complexity index is 1800. The molecule has 3 aromatic heterocycles. The van der Waals surface area contributed by atoms with E-state index in [4.69, 9.17) is 0 Å². The number of aromatic nitrogens is 5. The van der Waals surface area contributed by atoms with Crippen molar-refractivity contribution in [1.82, 2.24) is 33.7 Å². The molecular weight excluding hydrogens is 544 g/mol. The first-order chi connectivity index (χ1) is 19.6. The average Bonchev–Trinajstić information content (AvgIpc) is 3.85. The minimum atomic E-state index is -3.09. The second-order valence-corrected chi connectivity index (χ2v) is 13.8. The van der Waals surface area contributed by atoms with E-state index in [2.05, 4.69) is 31.8 Å². The molecule has 13 heteroatoms. The third-order valence-corrected chi connectivity index (χ3v) is 10.1. The SMILES string of the molecule is CCn1c(C(=O)N(C2CC2)C2CC2)cc2c3c(ncn3C)c(Nc3cc(C(=O)N4CCS(=O)(=O)CC4)n(C)n3)cc21. The molecule has 1 aromatic carbocycles. The molecule has 2 saturated carbocycles. The highest BCUT2D eigenvalue weighted by Gasteiger charge is 2.43. The van der Waals surface area contributed by atoms with Crippen LogP contribution in [-0.4, -0.2) is 90.6 Å². The van der Waals surface area contributed by atoms with E-state index < -0.39 is 9.84 Å². The van der Waals surface area contributed by atoms with Gasteiger partial charge in [-0.3, -0.25) is 14.3 Å². The van der Waals surface area contributed by atoms with E-state index in [1.165, 1.54) is 4.68 Å². The number of hydrogen-bond acceptors (Lipinski definition) is 7. The lowest BCUT2D eigenvalue weighted by atomic mass is 10.1. The molecule has 0 bridgehead atoms. The van der Waals surface area contributed by atoms with E-state index in [1.807, 2.05) is 23.7 Å². The molecule has 1 N–H and O–H groups in total. The van der Waals surface area contributed by atoms with Crippen molar-refractivity contribution in [2.24, 2.45) is 14.1 Å². The molecule has 1 aliphatic heterocycles. The molecule has 1 saturated heterocycles. The van der Waals surface area contributed by atoms with E-state index in [0.717, 1.165) is 53.3 Å². The number of imidazole rings is 1. The van der Waals surface area contributed by atoms with Gasteiger partial charge in [-0.15, -0.1) is 0 Å². The molecule has 0 atom stereocenters. The van der Waals surface area contributed by atoms with E-state index in [0.29, 0.717) is 35.8 Å². The molecule has 0 unspecified atom stereocenters. The summed E-state index contributed by atoms with van der Waals surface area (Å²) in [7, 11) is 0.549. The Morgan fingerprint density at radius 3 is 2.34 bits per heavy atom. The van der Waals surface area contributed by atoms with Gasteiger partial charge in [0.1, 0.15) is 16.9 Å². The van der Waals surface area contributed by atoms with Crippen LogP contribution in [0.25, 0.3) is 21.9 Å². The Balaban J connectivity index is 1.25. The highest BCUT2D eigenvalue weighted by molar-refractivity contribution is 7.91. The maximum absolute atomic E-state index is 13.8. The predicted octanol–water partition coefficient (Wildman–Crippen LogP) is 2.66. The Morgan fingerprint density at radius 1 is 1.02 bits per heavy atom. The molecule has 7 rings (SSSR count).